The minimum Gasteiger partial charge on any atom is -0.474 e. The highest BCUT2D eigenvalue weighted by Gasteiger charge is 2.39. The second kappa shape index (κ2) is 10.9. The maximum absolute atomic E-state index is 6.47. The molecule has 9 rings (SSSR count). The molecule has 0 spiro atoms. The topological polar surface area (TPSA) is 20.6 Å². The van der Waals surface area contributed by atoms with Gasteiger partial charge in [-0.25, -0.2) is 0 Å². The SMILES string of the molecule is CN1CCCC2c3ccc(-c4ccc(-n5c6ccccc6c6cc(N(c7ccccc7)c7ccccc7)ccc65)cc4)cc3OC21. The molecule has 7 aromatic rings. The van der Waals surface area contributed by atoms with Gasteiger partial charge in [0.15, 0.2) is 6.23 Å². The number of para-hydroxylation sites is 3. The Kier molecular flexibility index (Phi) is 6.43. The summed E-state index contributed by atoms with van der Waals surface area (Å²) in [4.78, 5) is 4.69. The van der Waals surface area contributed by atoms with Crippen molar-refractivity contribution in [3.8, 4) is 22.6 Å². The van der Waals surface area contributed by atoms with E-state index in [1.807, 2.05) is 0 Å². The first-order valence-electron chi connectivity index (χ1n) is 16.3. The van der Waals surface area contributed by atoms with Crippen molar-refractivity contribution in [1.82, 2.24) is 9.47 Å². The molecule has 6 aromatic carbocycles. The van der Waals surface area contributed by atoms with Crippen LogP contribution in [-0.4, -0.2) is 29.3 Å². The molecule has 46 heavy (non-hydrogen) atoms. The van der Waals surface area contributed by atoms with Gasteiger partial charge in [0, 0.05) is 51.5 Å². The second-order valence-corrected chi connectivity index (χ2v) is 12.6. The number of anilines is 3. The Balaban J connectivity index is 1.11. The Morgan fingerprint density at radius 2 is 1.28 bits per heavy atom. The van der Waals surface area contributed by atoms with Gasteiger partial charge in [-0.15, -0.1) is 0 Å². The monoisotopic (exact) mass is 597 g/mol. The first-order chi connectivity index (χ1) is 22.7. The highest BCUT2D eigenvalue weighted by Crippen LogP contribution is 2.46. The number of likely N-dealkylation sites (N-methyl/N-ethyl adjacent to an activating group) is 1. The van der Waals surface area contributed by atoms with E-state index in [9.17, 15) is 0 Å². The minimum atomic E-state index is 0.171. The van der Waals surface area contributed by atoms with Gasteiger partial charge in [0.05, 0.1) is 11.0 Å². The molecule has 2 atom stereocenters. The summed E-state index contributed by atoms with van der Waals surface area (Å²) in [6.45, 7) is 1.10. The smallest absolute Gasteiger partial charge is 0.159 e. The molecule has 0 bridgehead atoms. The van der Waals surface area contributed by atoms with Gasteiger partial charge in [0.1, 0.15) is 5.75 Å². The van der Waals surface area contributed by atoms with Gasteiger partial charge in [-0.1, -0.05) is 78.9 Å². The highest BCUT2D eigenvalue weighted by molar-refractivity contribution is 6.10. The molecule has 0 saturated carbocycles. The van der Waals surface area contributed by atoms with Gasteiger partial charge >= 0.3 is 0 Å². The number of aromatic nitrogens is 1. The third-order valence-electron chi connectivity index (χ3n) is 9.87. The lowest BCUT2D eigenvalue weighted by molar-refractivity contribution is 0.0188. The quantitative estimate of drug-likeness (QED) is 0.197. The van der Waals surface area contributed by atoms with Gasteiger partial charge in [-0.05, 0) is 97.7 Å². The number of nitrogens with zero attached hydrogens (tertiary/aromatic N) is 3. The van der Waals surface area contributed by atoms with E-state index in [-0.39, 0.29) is 6.23 Å². The molecule has 2 aliphatic rings. The number of piperidine rings is 1. The molecule has 0 aliphatic carbocycles. The fourth-order valence-corrected chi connectivity index (χ4v) is 7.65. The number of rotatable bonds is 5. The standard InChI is InChI=1S/C42H35N3O/c1-43-26-10-16-37-36-24-20-30(27-41(36)46-42(37)43)29-18-21-33(22-19-29)45-39-17-9-8-15-35(39)38-28-34(23-25-40(38)45)44(31-11-4-2-5-12-31)32-13-6-3-7-14-32/h2-9,11-15,17-25,27-28,37,42H,10,16,26H2,1H3. The molecular weight excluding hydrogens is 562 g/mol. The zero-order valence-electron chi connectivity index (χ0n) is 25.9. The summed E-state index contributed by atoms with van der Waals surface area (Å²) < 4.78 is 8.85. The number of hydrogen-bond acceptors (Lipinski definition) is 3. The Bertz CT molecular complexity index is 2150. The average molecular weight is 598 g/mol. The van der Waals surface area contributed by atoms with E-state index in [0.717, 1.165) is 35.0 Å². The van der Waals surface area contributed by atoms with Crippen molar-refractivity contribution in [3.63, 3.8) is 0 Å². The van der Waals surface area contributed by atoms with Crippen LogP contribution in [0.15, 0.2) is 146 Å². The Morgan fingerprint density at radius 3 is 2.04 bits per heavy atom. The number of ether oxygens (including phenoxy) is 1. The van der Waals surface area contributed by atoms with Gasteiger partial charge in [0.2, 0.25) is 0 Å². The number of likely N-dealkylation sites (tertiary alicyclic amines) is 1. The summed E-state index contributed by atoms with van der Waals surface area (Å²) in [5.74, 6) is 1.53. The third kappa shape index (κ3) is 4.40. The predicted molar refractivity (Wildman–Crippen MR) is 190 cm³/mol. The van der Waals surface area contributed by atoms with Gasteiger partial charge in [0.25, 0.3) is 0 Å². The molecule has 2 aliphatic heterocycles. The van der Waals surface area contributed by atoms with E-state index < -0.39 is 0 Å². The second-order valence-electron chi connectivity index (χ2n) is 12.6. The number of hydrogen-bond donors (Lipinski definition) is 0. The Hall–Kier alpha value is -5.32. The molecule has 1 saturated heterocycles. The first-order valence-corrected chi connectivity index (χ1v) is 16.3. The van der Waals surface area contributed by atoms with Crippen molar-refractivity contribution >= 4 is 38.9 Å². The zero-order chi connectivity index (χ0) is 30.6. The van der Waals surface area contributed by atoms with E-state index in [1.54, 1.807) is 0 Å². The van der Waals surface area contributed by atoms with Crippen LogP contribution in [0.1, 0.15) is 24.3 Å². The van der Waals surface area contributed by atoms with E-state index in [2.05, 4.69) is 167 Å². The average Bonchev–Trinajstić information content (AvgIpc) is 3.66. The van der Waals surface area contributed by atoms with Crippen LogP contribution in [0.5, 0.6) is 5.75 Å². The lowest BCUT2D eigenvalue weighted by Gasteiger charge is -2.33. The van der Waals surface area contributed by atoms with E-state index in [0.29, 0.717) is 5.92 Å². The van der Waals surface area contributed by atoms with Crippen LogP contribution in [0.2, 0.25) is 0 Å². The molecule has 0 N–H and O–H groups in total. The highest BCUT2D eigenvalue weighted by atomic mass is 16.5. The molecule has 0 radical (unpaired) electrons. The van der Waals surface area contributed by atoms with Gasteiger partial charge in [-0.2, -0.15) is 0 Å². The van der Waals surface area contributed by atoms with E-state index in [1.165, 1.54) is 51.3 Å². The Morgan fingerprint density at radius 1 is 0.609 bits per heavy atom. The normalized spacial score (nSPS) is 17.5. The number of benzene rings is 6. The molecule has 4 nitrogen and oxygen atoms in total. The van der Waals surface area contributed by atoms with Crippen molar-refractivity contribution in [2.75, 3.05) is 18.5 Å². The van der Waals surface area contributed by atoms with Crippen LogP contribution in [0.25, 0.3) is 38.6 Å². The maximum atomic E-state index is 6.47. The van der Waals surface area contributed by atoms with E-state index >= 15 is 0 Å². The van der Waals surface area contributed by atoms with Gasteiger partial charge in [-0.3, -0.25) is 4.90 Å². The zero-order valence-corrected chi connectivity index (χ0v) is 25.9. The summed E-state index contributed by atoms with van der Waals surface area (Å²) in [7, 11) is 2.18. The lowest BCUT2D eigenvalue weighted by atomic mass is 9.89. The van der Waals surface area contributed by atoms with Crippen molar-refractivity contribution in [3.05, 3.63) is 151 Å². The van der Waals surface area contributed by atoms with Crippen LogP contribution in [-0.2, 0) is 0 Å². The van der Waals surface area contributed by atoms with Crippen molar-refractivity contribution < 1.29 is 4.74 Å². The fourth-order valence-electron chi connectivity index (χ4n) is 7.65. The summed E-state index contributed by atoms with van der Waals surface area (Å²) in [6, 6.07) is 52.5. The minimum absolute atomic E-state index is 0.171. The van der Waals surface area contributed by atoms with Crippen LogP contribution >= 0.6 is 0 Å². The summed E-state index contributed by atoms with van der Waals surface area (Å²) in [5, 5.41) is 2.47. The van der Waals surface area contributed by atoms with Crippen LogP contribution in [0, 0.1) is 0 Å². The van der Waals surface area contributed by atoms with Gasteiger partial charge < -0.3 is 14.2 Å². The molecule has 4 heteroatoms. The molecule has 2 unspecified atom stereocenters. The third-order valence-corrected chi connectivity index (χ3v) is 9.87. The molecular formula is C42H35N3O. The van der Waals surface area contributed by atoms with Crippen molar-refractivity contribution in [2.45, 2.75) is 25.0 Å². The fraction of sp³-hybridized carbons (Fsp3) is 0.143. The Labute approximate surface area is 269 Å². The molecule has 1 aromatic heterocycles. The molecule has 1 fully saturated rings. The van der Waals surface area contributed by atoms with Crippen LogP contribution < -0.4 is 9.64 Å². The molecule has 224 valence electrons. The predicted octanol–water partition coefficient (Wildman–Crippen LogP) is 10.4. The van der Waals surface area contributed by atoms with Crippen LogP contribution in [0.3, 0.4) is 0 Å². The van der Waals surface area contributed by atoms with Crippen molar-refractivity contribution in [1.29, 1.82) is 0 Å². The number of fused-ring (bicyclic) bond motifs is 6. The first kappa shape index (κ1) is 27.0. The molecule has 0 amide bonds. The maximum Gasteiger partial charge on any atom is 0.159 e. The van der Waals surface area contributed by atoms with Crippen LogP contribution in [0.4, 0.5) is 17.1 Å². The molecule has 3 heterocycles. The van der Waals surface area contributed by atoms with E-state index in [4.69, 9.17) is 4.74 Å². The largest absolute Gasteiger partial charge is 0.474 e. The lowest BCUT2D eigenvalue weighted by Crippen LogP contribution is -2.42. The van der Waals surface area contributed by atoms with Crippen molar-refractivity contribution in [2.24, 2.45) is 0 Å². The summed E-state index contributed by atoms with van der Waals surface area (Å²) >= 11 is 0. The summed E-state index contributed by atoms with van der Waals surface area (Å²) in [6.07, 6.45) is 2.60. The summed E-state index contributed by atoms with van der Waals surface area (Å²) in [5.41, 5.74) is 10.7.